The first-order chi connectivity index (χ1) is 14.2. The molecule has 0 spiro atoms. The predicted molar refractivity (Wildman–Crippen MR) is 122 cm³/mol. The lowest BCUT2D eigenvalue weighted by Gasteiger charge is -2.33. The second-order valence-corrected chi connectivity index (χ2v) is 10.8. The van der Waals surface area contributed by atoms with Gasteiger partial charge in [0.1, 0.15) is 5.60 Å². The molecule has 8 nitrogen and oxygen atoms in total. The highest BCUT2D eigenvalue weighted by molar-refractivity contribution is 6.61. The minimum atomic E-state index is -0.501. The lowest BCUT2D eigenvalue weighted by atomic mass is 9.81. The first-order valence-corrected chi connectivity index (χ1v) is 11.1. The number of rotatable bonds is 4. The number of amides is 1. The van der Waals surface area contributed by atoms with Gasteiger partial charge in [-0.25, -0.2) is 14.8 Å². The Morgan fingerprint density at radius 3 is 2.23 bits per heavy atom. The summed E-state index contributed by atoms with van der Waals surface area (Å²) >= 11 is 0. The van der Waals surface area contributed by atoms with Gasteiger partial charge in [0, 0.05) is 37.0 Å². The molecule has 0 bridgehead atoms. The maximum absolute atomic E-state index is 12.5. The molecular formula is C22H37BN4O4. The molecule has 1 amide bonds. The fourth-order valence-electron chi connectivity index (χ4n) is 3.84. The van der Waals surface area contributed by atoms with Crippen LogP contribution in [0.3, 0.4) is 0 Å². The van der Waals surface area contributed by atoms with E-state index >= 15 is 0 Å². The molecular weight excluding hydrogens is 395 g/mol. The SMILES string of the molecule is CC(C)N(c1ncc(B2OC(C)(C)C(C)(C)O2)cn1)[C@H]1CCN(C(=O)OC(C)(C)C)C1. The van der Waals surface area contributed by atoms with Gasteiger partial charge in [-0.3, -0.25) is 0 Å². The molecule has 9 heteroatoms. The van der Waals surface area contributed by atoms with Crippen LogP contribution in [0.4, 0.5) is 10.7 Å². The quantitative estimate of drug-likeness (QED) is 0.677. The van der Waals surface area contributed by atoms with Gasteiger partial charge in [-0.15, -0.1) is 0 Å². The van der Waals surface area contributed by atoms with E-state index in [1.54, 1.807) is 17.3 Å². The largest absolute Gasteiger partial charge is 0.498 e. The molecule has 1 aromatic rings. The lowest BCUT2D eigenvalue weighted by Crippen LogP contribution is -2.45. The van der Waals surface area contributed by atoms with Crippen LogP contribution >= 0.6 is 0 Å². The van der Waals surface area contributed by atoms with Gasteiger partial charge in [0.05, 0.1) is 17.2 Å². The van der Waals surface area contributed by atoms with E-state index in [1.165, 1.54) is 0 Å². The molecule has 0 saturated carbocycles. The summed E-state index contributed by atoms with van der Waals surface area (Å²) in [6, 6.07) is 0.321. The summed E-state index contributed by atoms with van der Waals surface area (Å²) in [6.45, 7) is 19.2. The molecule has 0 N–H and O–H groups in total. The third kappa shape index (κ3) is 5.14. The van der Waals surface area contributed by atoms with Crippen molar-refractivity contribution in [1.82, 2.24) is 14.9 Å². The van der Waals surface area contributed by atoms with E-state index in [4.69, 9.17) is 14.0 Å². The maximum atomic E-state index is 12.5. The fraction of sp³-hybridized carbons (Fsp3) is 0.773. The highest BCUT2D eigenvalue weighted by Crippen LogP contribution is 2.36. The zero-order chi connectivity index (χ0) is 23.2. The zero-order valence-electron chi connectivity index (χ0n) is 20.4. The first-order valence-electron chi connectivity index (χ1n) is 11.1. The number of hydrogen-bond donors (Lipinski definition) is 0. The number of carbonyl (C=O) groups is 1. The molecule has 2 saturated heterocycles. The summed E-state index contributed by atoms with van der Waals surface area (Å²) in [7, 11) is -0.485. The second-order valence-electron chi connectivity index (χ2n) is 10.8. The van der Waals surface area contributed by atoms with Crippen molar-refractivity contribution < 1.29 is 18.8 Å². The van der Waals surface area contributed by atoms with Crippen LogP contribution in [-0.2, 0) is 14.0 Å². The molecule has 1 atom stereocenters. The van der Waals surface area contributed by atoms with Crippen LogP contribution in [0.15, 0.2) is 12.4 Å². The first kappa shape index (κ1) is 23.8. The fourth-order valence-corrected chi connectivity index (χ4v) is 3.84. The summed E-state index contributed by atoms with van der Waals surface area (Å²) in [5.41, 5.74) is -0.517. The van der Waals surface area contributed by atoms with Crippen LogP contribution < -0.4 is 10.4 Å². The van der Waals surface area contributed by atoms with Crippen molar-refractivity contribution in [3.63, 3.8) is 0 Å². The molecule has 0 radical (unpaired) electrons. The van der Waals surface area contributed by atoms with Crippen LogP contribution in [0.2, 0.25) is 0 Å². The minimum absolute atomic E-state index is 0.134. The van der Waals surface area contributed by atoms with Gasteiger partial charge in [-0.1, -0.05) is 0 Å². The molecule has 0 aliphatic carbocycles. The smallest absolute Gasteiger partial charge is 0.444 e. The summed E-state index contributed by atoms with van der Waals surface area (Å²) < 4.78 is 17.7. The number of anilines is 1. The van der Waals surface area contributed by atoms with Crippen molar-refractivity contribution in [2.24, 2.45) is 0 Å². The Bertz CT molecular complexity index is 776. The number of carbonyl (C=O) groups excluding carboxylic acids is 1. The highest BCUT2D eigenvalue weighted by atomic mass is 16.7. The van der Waals surface area contributed by atoms with Gasteiger partial charge in [0.15, 0.2) is 0 Å². The van der Waals surface area contributed by atoms with E-state index in [9.17, 15) is 4.79 Å². The molecule has 1 aromatic heterocycles. The van der Waals surface area contributed by atoms with E-state index in [-0.39, 0.29) is 18.2 Å². The van der Waals surface area contributed by atoms with Crippen molar-refractivity contribution in [2.75, 3.05) is 18.0 Å². The van der Waals surface area contributed by atoms with Crippen molar-refractivity contribution in [2.45, 2.75) is 97.6 Å². The van der Waals surface area contributed by atoms with Crippen LogP contribution in [-0.4, -0.2) is 70.1 Å². The van der Waals surface area contributed by atoms with E-state index in [2.05, 4.69) is 28.7 Å². The summed E-state index contributed by atoms with van der Waals surface area (Å²) in [5, 5.41) is 0. The normalized spacial score (nSPS) is 22.8. The molecule has 0 unspecified atom stereocenters. The Kier molecular flexibility index (Phi) is 6.33. The van der Waals surface area contributed by atoms with Crippen LogP contribution in [0.25, 0.3) is 0 Å². The molecule has 2 fully saturated rings. The molecule has 0 aromatic carbocycles. The topological polar surface area (TPSA) is 77.0 Å². The van der Waals surface area contributed by atoms with Crippen LogP contribution in [0.5, 0.6) is 0 Å². The van der Waals surface area contributed by atoms with Gasteiger partial charge >= 0.3 is 13.2 Å². The molecule has 2 aliphatic heterocycles. The monoisotopic (exact) mass is 432 g/mol. The number of likely N-dealkylation sites (tertiary alicyclic amines) is 1. The molecule has 172 valence electrons. The standard InChI is InChI=1S/C22H37BN4O4/c1-15(2)27(17-10-11-26(14-17)19(28)29-20(3,4)5)18-24-12-16(13-25-18)23-30-21(6,7)22(8,9)31-23/h12-13,15,17H,10-11,14H2,1-9H3/t17-/m0/s1. The minimum Gasteiger partial charge on any atom is -0.444 e. The third-order valence-corrected chi connectivity index (χ3v) is 6.18. The summed E-state index contributed by atoms with van der Waals surface area (Å²) in [5.74, 6) is 0.645. The van der Waals surface area contributed by atoms with E-state index in [1.807, 2.05) is 48.5 Å². The molecule has 2 aliphatic rings. The molecule has 31 heavy (non-hydrogen) atoms. The van der Waals surface area contributed by atoms with E-state index < -0.39 is 23.9 Å². The van der Waals surface area contributed by atoms with Crippen LogP contribution in [0, 0.1) is 0 Å². The van der Waals surface area contributed by atoms with Crippen LogP contribution in [0.1, 0.15) is 68.7 Å². The Balaban J connectivity index is 1.71. The molecule has 3 heterocycles. The Labute approximate surface area is 186 Å². The van der Waals surface area contributed by atoms with Crippen molar-refractivity contribution in [3.05, 3.63) is 12.4 Å². The summed E-state index contributed by atoms with van der Waals surface area (Å²) in [6.07, 6.45) is 4.14. The number of hydrogen-bond acceptors (Lipinski definition) is 7. The Hall–Kier alpha value is -1.87. The highest BCUT2D eigenvalue weighted by Gasteiger charge is 2.52. The average molecular weight is 432 g/mol. The van der Waals surface area contributed by atoms with Gasteiger partial charge in [0.25, 0.3) is 0 Å². The van der Waals surface area contributed by atoms with Crippen molar-refractivity contribution in [1.29, 1.82) is 0 Å². The Morgan fingerprint density at radius 1 is 1.19 bits per heavy atom. The predicted octanol–water partition coefficient (Wildman–Crippen LogP) is 3.00. The van der Waals surface area contributed by atoms with Gasteiger partial charge in [-0.2, -0.15) is 0 Å². The number of nitrogens with zero attached hydrogens (tertiary/aromatic N) is 4. The second kappa shape index (κ2) is 8.24. The van der Waals surface area contributed by atoms with Crippen molar-refractivity contribution in [3.8, 4) is 0 Å². The van der Waals surface area contributed by atoms with Gasteiger partial charge in [0.2, 0.25) is 5.95 Å². The van der Waals surface area contributed by atoms with E-state index in [0.717, 1.165) is 11.9 Å². The summed E-state index contributed by atoms with van der Waals surface area (Å²) in [4.78, 5) is 25.7. The zero-order valence-corrected chi connectivity index (χ0v) is 20.4. The third-order valence-electron chi connectivity index (χ3n) is 6.18. The Morgan fingerprint density at radius 2 is 1.74 bits per heavy atom. The lowest BCUT2D eigenvalue weighted by molar-refractivity contribution is 0.00578. The number of aromatic nitrogens is 2. The van der Waals surface area contributed by atoms with Gasteiger partial charge in [-0.05, 0) is 68.7 Å². The number of ether oxygens (including phenoxy) is 1. The van der Waals surface area contributed by atoms with Crippen molar-refractivity contribution >= 4 is 24.6 Å². The molecule has 3 rings (SSSR count). The van der Waals surface area contributed by atoms with E-state index in [0.29, 0.717) is 19.0 Å². The van der Waals surface area contributed by atoms with Gasteiger partial charge < -0.3 is 23.8 Å². The maximum Gasteiger partial charge on any atom is 0.498 e. The average Bonchev–Trinajstić information content (AvgIpc) is 3.17.